The van der Waals surface area contributed by atoms with E-state index in [0.717, 1.165) is 18.2 Å². The molecule has 0 aliphatic heterocycles. The standard InChI is InChI=1S/C17H12FNO6/c1-9-14(20)5-3-12-10(6-16(21)25-17(9)12)8-24-15-7-11(18)2-4-13(15)19(22)23/h2-7,20H,8H2,1H3. The van der Waals surface area contributed by atoms with Gasteiger partial charge in [0.05, 0.1) is 4.92 Å². The van der Waals surface area contributed by atoms with Gasteiger partial charge in [0.1, 0.15) is 23.8 Å². The van der Waals surface area contributed by atoms with E-state index >= 15 is 0 Å². The number of nitrogens with zero attached hydrogens (tertiary/aromatic N) is 1. The Morgan fingerprint density at radius 3 is 2.76 bits per heavy atom. The third-order valence-electron chi connectivity index (χ3n) is 3.72. The van der Waals surface area contributed by atoms with E-state index in [9.17, 15) is 24.4 Å². The molecule has 0 atom stereocenters. The highest BCUT2D eigenvalue weighted by Crippen LogP contribution is 2.30. The predicted octanol–water partition coefficient (Wildman–Crippen LogP) is 3.43. The van der Waals surface area contributed by atoms with E-state index in [2.05, 4.69) is 0 Å². The first-order chi connectivity index (χ1) is 11.9. The smallest absolute Gasteiger partial charge is 0.336 e. The lowest BCUT2D eigenvalue weighted by Gasteiger charge is -2.10. The van der Waals surface area contributed by atoms with E-state index in [1.54, 1.807) is 13.0 Å². The fraction of sp³-hybridized carbons (Fsp3) is 0.118. The van der Waals surface area contributed by atoms with Crippen molar-refractivity contribution in [2.75, 3.05) is 0 Å². The van der Waals surface area contributed by atoms with E-state index < -0.39 is 16.4 Å². The molecule has 2 aromatic carbocycles. The van der Waals surface area contributed by atoms with E-state index in [-0.39, 0.29) is 29.4 Å². The first-order valence-electron chi connectivity index (χ1n) is 7.19. The van der Waals surface area contributed by atoms with Crippen LogP contribution in [-0.4, -0.2) is 10.0 Å². The normalized spacial score (nSPS) is 10.8. The van der Waals surface area contributed by atoms with Crippen LogP contribution in [0.1, 0.15) is 11.1 Å². The largest absolute Gasteiger partial charge is 0.508 e. The number of rotatable bonds is 4. The third kappa shape index (κ3) is 3.14. The molecule has 128 valence electrons. The molecule has 25 heavy (non-hydrogen) atoms. The minimum absolute atomic E-state index is 0.0329. The number of hydrogen-bond donors (Lipinski definition) is 1. The number of ether oxygens (including phenoxy) is 1. The van der Waals surface area contributed by atoms with Crippen molar-refractivity contribution >= 4 is 16.7 Å². The van der Waals surface area contributed by atoms with Crippen molar-refractivity contribution in [1.29, 1.82) is 0 Å². The number of nitro benzene ring substituents is 1. The van der Waals surface area contributed by atoms with Crippen molar-refractivity contribution in [2.45, 2.75) is 13.5 Å². The highest BCUT2D eigenvalue weighted by Gasteiger charge is 2.17. The summed E-state index contributed by atoms with van der Waals surface area (Å²) in [5, 5.41) is 21.2. The highest BCUT2D eigenvalue weighted by atomic mass is 19.1. The number of halogens is 1. The Hall–Kier alpha value is -3.42. The summed E-state index contributed by atoms with van der Waals surface area (Å²) >= 11 is 0. The number of aryl methyl sites for hydroxylation is 1. The number of phenols is 1. The van der Waals surface area contributed by atoms with Gasteiger partial charge in [-0.25, -0.2) is 9.18 Å². The van der Waals surface area contributed by atoms with Crippen LogP contribution < -0.4 is 10.4 Å². The second-order valence-electron chi connectivity index (χ2n) is 5.33. The Kier molecular flexibility index (Phi) is 4.10. The summed E-state index contributed by atoms with van der Waals surface area (Å²) in [6, 6.07) is 7.03. The third-order valence-corrected chi connectivity index (χ3v) is 3.72. The molecule has 3 rings (SSSR count). The van der Waals surface area contributed by atoms with Crippen LogP contribution in [0, 0.1) is 22.9 Å². The van der Waals surface area contributed by atoms with Crippen LogP contribution in [0.5, 0.6) is 11.5 Å². The maximum Gasteiger partial charge on any atom is 0.336 e. The fourth-order valence-corrected chi connectivity index (χ4v) is 2.45. The number of phenolic OH excluding ortho intramolecular Hbond substituents is 1. The van der Waals surface area contributed by atoms with Crippen molar-refractivity contribution in [3.8, 4) is 11.5 Å². The molecule has 3 aromatic rings. The van der Waals surface area contributed by atoms with Gasteiger partial charge in [-0.05, 0) is 25.1 Å². The molecule has 0 bridgehead atoms. The lowest BCUT2D eigenvalue weighted by atomic mass is 10.1. The zero-order chi connectivity index (χ0) is 18.1. The summed E-state index contributed by atoms with van der Waals surface area (Å²) in [6.07, 6.45) is 0. The van der Waals surface area contributed by atoms with Crippen LogP contribution in [0.25, 0.3) is 11.0 Å². The molecule has 1 N–H and O–H groups in total. The van der Waals surface area contributed by atoms with Crippen molar-refractivity contribution < 1.29 is 23.6 Å². The summed E-state index contributed by atoms with van der Waals surface area (Å²) in [6.45, 7) is 1.37. The number of fused-ring (bicyclic) bond motifs is 1. The summed E-state index contributed by atoms with van der Waals surface area (Å²) in [5.74, 6) is -0.963. The second kappa shape index (κ2) is 6.23. The van der Waals surface area contributed by atoms with Crippen molar-refractivity contribution in [2.24, 2.45) is 0 Å². The number of benzene rings is 2. The molecule has 0 unspecified atom stereocenters. The molecule has 7 nitrogen and oxygen atoms in total. The average molecular weight is 345 g/mol. The van der Waals surface area contributed by atoms with Gasteiger partial charge in [-0.1, -0.05) is 0 Å². The van der Waals surface area contributed by atoms with Gasteiger partial charge < -0.3 is 14.3 Å². The second-order valence-corrected chi connectivity index (χ2v) is 5.33. The minimum atomic E-state index is -0.686. The monoisotopic (exact) mass is 345 g/mol. The Morgan fingerprint density at radius 1 is 1.28 bits per heavy atom. The van der Waals surface area contributed by atoms with Gasteiger partial charge in [0.25, 0.3) is 0 Å². The minimum Gasteiger partial charge on any atom is -0.508 e. The summed E-state index contributed by atoms with van der Waals surface area (Å²) in [5.41, 5.74) is -0.0722. The van der Waals surface area contributed by atoms with Gasteiger partial charge in [-0.15, -0.1) is 0 Å². The van der Waals surface area contributed by atoms with Gasteiger partial charge in [-0.2, -0.15) is 0 Å². The maximum absolute atomic E-state index is 13.4. The zero-order valence-corrected chi connectivity index (χ0v) is 13.0. The number of nitro groups is 1. The molecule has 8 heteroatoms. The fourth-order valence-electron chi connectivity index (χ4n) is 2.45. The molecular weight excluding hydrogens is 333 g/mol. The number of hydrogen-bond acceptors (Lipinski definition) is 6. The van der Waals surface area contributed by atoms with Crippen LogP contribution in [0.15, 0.2) is 45.6 Å². The van der Waals surface area contributed by atoms with E-state index in [4.69, 9.17) is 9.15 Å². The molecule has 0 saturated heterocycles. The van der Waals surface area contributed by atoms with Crippen molar-refractivity contribution in [3.63, 3.8) is 0 Å². The first-order valence-corrected chi connectivity index (χ1v) is 7.19. The lowest BCUT2D eigenvalue weighted by Crippen LogP contribution is -2.05. The number of aromatic hydroxyl groups is 1. The molecular formula is C17H12FNO6. The topological polar surface area (TPSA) is 103 Å². The van der Waals surface area contributed by atoms with Crippen LogP contribution in [0.4, 0.5) is 10.1 Å². The molecule has 0 aliphatic rings. The predicted molar refractivity (Wildman–Crippen MR) is 86.3 cm³/mol. The molecule has 0 aliphatic carbocycles. The summed E-state index contributed by atoms with van der Waals surface area (Å²) in [7, 11) is 0. The molecule has 0 fully saturated rings. The van der Waals surface area contributed by atoms with E-state index in [0.29, 0.717) is 16.5 Å². The summed E-state index contributed by atoms with van der Waals surface area (Å²) in [4.78, 5) is 22.1. The van der Waals surface area contributed by atoms with Crippen molar-refractivity contribution in [3.05, 3.63) is 73.9 Å². The maximum atomic E-state index is 13.4. The SMILES string of the molecule is Cc1c(O)ccc2c(COc3cc(F)ccc3[N+](=O)[O-])cc(=O)oc12. The van der Waals surface area contributed by atoms with Gasteiger partial charge in [0.2, 0.25) is 0 Å². The van der Waals surface area contributed by atoms with Gasteiger partial charge in [-0.3, -0.25) is 10.1 Å². The average Bonchev–Trinajstić information content (AvgIpc) is 2.56. The van der Waals surface area contributed by atoms with Crippen LogP contribution in [0.2, 0.25) is 0 Å². The van der Waals surface area contributed by atoms with Gasteiger partial charge >= 0.3 is 11.3 Å². The Balaban J connectivity index is 2.03. The summed E-state index contributed by atoms with van der Waals surface area (Å²) < 4.78 is 23.8. The van der Waals surface area contributed by atoms with Gasteiger partial charge in [0, 0.05) is 34.7 Å². The molecule has 0 radical (unpaired) electrons. The lowest BCUT2D eigenvalue weighted by molar-refractivity contribution is -0.386. The highest BCUT2D eigenvalue weighted by molar-refractivity contribution is 5.84. The van der Waals surface area contributed by atoms with Crippen LogP contribution in [-0.2, 0) is 6.61 Å². The molecule has 1 aromatic heterocycles. The Morgan fingerprint density at radius 2 is 2.04 bits per heavy atom. The molecule has 0 amide bonds. The molecule has 0 spiro atoms. The Bertz CT molecular complexity index is 1040. The first kappa shape index (κ1) is 16.4. The Labute approximate surface area is 140 Å². The molecule has 1 heterocycles. The van der Waals surface area contributed by atoms with E-state index in [1.165, 1.54) is 12.1 Å². The quantitative estimate of drug-likeness (QED) is 0.441. The van der Waals surface area contributed by atoms with Crippen LogP contribution in [0.3, 0.4) is 0 Å². The van der Waals surface area contributed by atoms with Crippen molar-refractivity contribution in [1.82, 2.24) is 0 Å². The van der Waals surface area contributed by atoms with E-state index in [1.807, 2.05) is 0 Å². The van der Waals surface area contributed by atoms with Crippen LogP contribution >= 0.6 is 0 Å². The van der Waals surface area contributed by atoms with Gasteiger partial charge in [0.15, 0.2) is 5.75 Å². The molecule has 0 saturated carbocycles. The zero-order valence-electron chi connectivity index (χ0n) is 13.0.